The van der Waals surface area contributed by atoms with E-state index in [4.69, 9.17) is 13.8 Å². The molecule has 1 fully saturated rings. The van der Waals surface area contributed by atoms with Crippen molar-refractivity contribution in [3.05, 3.63) is 0 Å². The number of hydrogen-bond donors (Lipinski definition) is 0. The summed E-state index contributed by atoms with van der Waals surface area (Å²) in [6.07, 6.45) is 0.374. The first-order chi connectivity index (χ1) is 9.48. The SMILES string of the molecule is CCOP(=O)(OCC)[C@]1(C#N)C[C@H](I)[C@H](COC=O)S1. The molecule has 3 atom stereocenters. The average Bonchev–Trinajstić information content (AvgIpc) is 2.75. The lowest BCUT2D eigenvalue weighted by molar-refractivity contribution is -0.128. The van der Waals surface area contributed by atoms with Gasteiger partial charge in [-0.05, 0) is 20.3 Å². The molecule has 0 unspecified atom stereocenters. The number of rotatable bonds is 8. The van der Waals surface area contributed by atoms with E-state index in [1.807, 2.05) is 0 Å². The number of carbonyl (C=O) groups is 1. The highest BCUT2D eigenvalue weighted by Gasteiger charge is 2.59. The van der Waals surface area contributed by atoms with Crippen molar-refractivity contribution in [3.8, 4) is 6.07 Å². The number of halogens is 1. The monoisotopic (exact) mass is 433 g/mol. The van der Waals surface area contributed by atoms with Gasteiger partial charge in [0.25, 0.3) is 6.47 Å². The minimum Gasteiger partial charge on any atom is -0.467 e. The first-order valence-electron chi connectivity index (χ1n) is 6.16. The quantitative estimate of drug-likeness (QED) is 0.252. The largest absolute Gasteiger partial charge is 0.467 e. The molecule has 0 aromatic carbocycles. The molecule has 9 heteroatoms. The molecule has 0 aromatic rings. The summed E-state index contributed by atoms with van der Waals surface area (Å²) >= 11 is 3.41. The van der Waals surface area contributed by atoms with Gasteiger partial charge in [0.15, 0.2) is 0 Å². The summed E-state index contributed by atoms with van der Waals surface area (Å²) < 4.78 is 27.2. The van der Waals surface area contributed by atoms with Crippen LogP contribution in [0.1, 0.15) is 20.3 Å². The first kappa shape index (κ1) is 18.2. The number of nitrogens with zero attached hydrogens (tertiary/aromatic N) is 1. The lowest BCUT2D eigenvalue weighted by Crippen LogP contribution is -2.23. The topological polar surface area (TPSA) is 85.6 Å². The van der Waals surface area contributed by atoms with Gasteiger partial charge in [-0.15, -0.1) is 11.8 Å². The Bertz CT molecular complexity index is 422. The number of ether oxygens (including phenoxy) is 1. The average molecular weight is 433 g/mol. The van der Waals surface area contributed by atoms with Gasteiger partial charge >= 0.3 is 7.60 Å². The van der Waals surface area contributed by atoms with E-state index in [2.05, 4.69) is 28.7 Å². The molecule has 1 aliphatic heterocycles. The molecular weight excluding hydrogens is 416 g/mol. The van der Waals surface area contributed by atoms with Crippen molar-refractivity contribution in [1.82, 2.24) is 0 Å². The number of alkyl halides is 1. The Balaban J connectivity index is 3.00. The van der Waals surface area contributed by atoms with E-state index in [0.29, 0.717) is 12.9 Å². The summed E-state index contributed by atoms with van der Waals surface area (Å²) in [4.78, 5) is 10.3. The second-order valence-corrected chi connectivity index (χ2v) is 9.75. The second-order valence-electron chi connectivity index (χ2n) is 4.04. The molecule has 0 amide bonds. The zero-order chi connectivity index (χ0) is 15.2. The van der Waals surface area contributed by atoms with Crippen LogP contribution in [0.15, 0.2) is 0 Å². The van der Waals surface area contributed by atoms with Gasteiger partial charge in [0, 0.05) is 3.92 Å². The number of nitriles is 1. The molecule has 1 heterocycles. The van der Waals surface area contributed by atoms with Crippen LogP contribution in [0.5, 0.6) is 0 Å². The molecule has 1 saturated heterocycles. The Morgan fingerprint density at radius 1 is 1.50 bits per heavy atom. The molecular formula is C11H17INO5PS. The minimum absolute atomic E-state index is 0.0476. The minimum atomic E-state index is -3.55. The van der Waals surface area contributed by atoms with Crippen molar-refractivity contribution in [2.24, 2.45) is 0 Å². The third-order valence-corrected chi connectivity index (χ3v) is 9.33. The summed E-state index contributed by atoms with van der Waals surface area (Å²) in [7, 11) is -3.55. The highest BCUT2D eigenvalue weighted by atomic mass is 127. The van der Waals surface area contributed by atoms with Crippen molar-refractivity contribution >= 4 is 48.4 Å². The van der Waals surface area contributed by atoms with Crippen LogP contribution in [0.4, 0.5) is 0 Å². The Hall–Kier alpha value is 0.190. The molecule has 0 N–H and O–H groups in total. The van der Waals surface area contributed by atoms with Crippen molar-refractivity contribution in [2.75, 3.05) is 19.8 Å². The van der Waals surface area contributed by atoms with Gasteiger partial charge in [-0.25, -0.2) is 0 Å². The van der Waals surface area contributed by atoms with Crippen LogP contribution >= 0.6 is 41.9 Å². The second kappa shape index (κ2) is 7.99. The van der Waals surface area contributed by atoms with Gasteiger partial charge in [0.05, 0.1) is 24.5 Å². The third kappa shape index (κ3) is 3.69. The van der Waals surface area contributed by atoms with Gasteiger partial charge in [-0.3, -0.25) is 9.36 Å². The lowest BCUT2D eigenvalue weighted by atomic mass is 10.2. The van der Waals surface area contributed by atoms with Crippen LogP contribution in [-0.2, 0) is 23.1 Å². The molecule has 0 radical (unpaired) electrons. The van der Waals surface area contributed by atoms with E-state index < -0.39 is 12.1 Å². The van der Waals surface area contributed by atoms with E-state index in [9.17, 15) is 14.6 Å². The predicted molar refractivity (Wildman–Crippen MR) is 85.0 cm³/mol. The van der Waals surface area contributed by atoms with Gasteiger partial charge in [0.1, 0.15) is 6.61 Å². The molecule has 1 rings (SSSR count). The molecule has 0 spiro atoms. The number of hydrogen-bond acceptors (Lipinski definition) is 7. The molecule has 6 nitrogen and oxygen atoms in total. The van der Waals surface area contributed by atoms with E-state index in [1.165, 1.54) is 11.8 Å². The van der Waals surface area contributed by atoms with E-state index >= 15 is 0 Å². The Morgan fingerprint density at radius 3 is 2.55 bits per heavy atom. The highest BCUT2D eigenvalue weighted by molar-refractivity contribution is 14.1. The lowest BCUT2D eigenvalue weighted by Gasteiger charge is -2.29. The summed E-state index contributed by atoms with van der Waals surface area (Å²) in [6, 6.07) is 2.13. The zero-order valence-electron chi connectivity index (χ0n) is 11.3. The summed E-state index contributed by atoms with van der Waals surface area (Å²) in [5, 5.41) is 9.45. The molecule has 0 aromatic heterocycles. The number of carbonyl (C=O) groups excluding carboxylic acids is 1. The van der Waals surface area contributed by atoms with Gasteiger partial charge in [0.2, 0.25) is 4.49 Å². The maximum atomic E-state index is 12.9. The van der Waals surface area contributed by atoms with Crippen molar-refractivity contribution < 1.29 is 23.1 Å². The van der Waals surface area contributed by atoms with Gasteiger partial charge in [-0.1, -0.05) is 22.6 Å². The first-order valence-corrected chi connectivity index (χ1v) is 9.83. The van der Waals surface area contributed by atoms with E-state index in [0.717, 1.165) is 0 Å². The van der Waals surface area contributed by atoms with Crippen molar-refractivity contribution in [2.45, 2.75) is 33.9 Å². The van der Waals surface area contributed by atoms with Gasteiger partial charge in [-0.2, -0.15) is 5.26 Å². The molecule has 0 bridgehead atoms. The fourth-order valence-corrected chi connectivity index (χ4v) is 8.06. The third-order valence-electron chi connectivity index (χ3n) is 2.77. The fourth-order valence-electron chi connectivity index (χ4n) is 1.94. The van der Waals surface area contributed by atoms with E-state index in [1.54, 1.807) is 13.8 Å². The maximum Gasteiger partial charge on any atom is 0.360 e. The smallest absolute Gasteiger partial charge is 0.360 e. The van der Waals surface area contributed by atoms with Crippen LogP contribution in [0, 0.1) is 11.3 Å². The standard InChI is InChI=1S/C11H17INO5PS/c1-3-17-19(15,18-4-2)11(7-13)5-9(12)10(20-11)6-16-8-14/h8-10H,3-6H2,1-2H3/t9-,10-,11+/m0/s1. The molecule has 0 saturated carbocycles. The van der Waals surface area contributed by atoms with Crippen LogP contribution < -0.4 is 0 Å². The fraction of sp³-hybridized carbons (Fsp3) is 0.818. The Labute approximate surface area is 136 Å². The molecule has 20 heavy (non-hydrogen) atoms. The van der Waals surface area contributed by atoms with Gasteiger partial charge < -0.3 is 13.8 Å². The summed E-state index contributed by atoms with van der Waals surface area (Å²) in [5.41, 5.74) is 0. The number of thioether (sulfide) groups is 1. The van der Waals surface area contributed by atoms with Crippen molar-refractivity contribution in [3.63, 3.8) is 0 Å². The zero-order valence-corrected chi connectivity index (χ0v) is 15.2. The van der Waals surface area contributed by atoms with Crippen LogP contribution in [0.3, 0.4) is 0 Å². The summed E-state index contributed by atoms with van der Waals surface area (Å²) in [6.45, 7) is 4.41. The van der Waals surface area contributed by atoms with Crippen LogP contribution in [0.2, 0.25) is 0 Å². The highest BCUT2D eigenvalue weighted by Crippen LogP contribution is 2.70. The predicted octanol–water partition coefficient (Wildman–Crippen LogP) is 2.95. The van der Waals surface area contributed by atoms with Crippen LogP contribution in [-0.4, -0.2) is 40.0 Å². The van der Waals surface area contributed by atoms with E-state index in [-0.39, 0.29) is 29.0 Å². The molecule has 114 valence electrons. The normalized spacial score (nSPS) is 29.9. The summed E-state index contributed by atoms with van der Waals surface area (Å²) in [5.74, 6) is 0. The maximum absolute atomic E-state index is 12.9. The molecule has 0 aliphatic carbocycles. The molecule has 1 aliphatic rings. The Morgan fingerprint density at radius 2 is 2.10 bits per heavy atom. The van der Waals surface area contributed by atoms with Crippen LogP contribution in [0.25, 0.3) is 0 Å². The van der Waals surface area contributed by atoms with Crippen molar-refractivity contribution in [1.29, 1.82) is 5.26 Å². The Kier molecular flexibility index (Phi) is 7.29.